The van der Waals surface area contributed by atoms with Gasteiger partial charge in [-0.2, -0.15) is 0 Å². The van der Waals surface area contributed by atoms with E-state index in [0.29, 0.717) is 0 Å². The van der Waals surface area contributed by atoms with E-state index in [9.17, 15) is 4.79 Å². The molecule has 1 saturated heterocycles. The van der Waals surface area contributed by atoms with E-state index in [4.69, 9.17) is 4.74 Å². The quantitative estimate of drug-likeness (QED) is 0.801. The lowest BCUT2D eigenvalue weighted by atomic mass is 9.98. The number of halogens is 1. The number of piperidine rings is 1. The fraction of sp³-hybridized carbons (Fsp3) is 0.500. The van der Waals surface area contributed by atoms with Crippen LogP contribution >= 0.6 is 15.9 Å². The van der Waals surface area contributed by atoms with Crippen LogP contribution in [0.5, 0.6) is 5.75 Å². The molecule has 0 bridgehead atoms. The molecule has 1 aromatic carbocycles. The average Bonchev–Trinajstić information content (AvgIpc) is 2.40. The third-order valence-corrected chi connectivity index (χ3v) is 4.07. The number of ether oxygens (including phenoxy) is 1. The molecule has 0 spiro atoms. The highest BCUT2D eigenvalue weighted by Gasteiger charge is 2.18. The third-order valence-electron chi connectivity index (χ3n) is 3.45. The molecule has 18 heavy (non-hydrogen) atoms. The molecule has 2 rings (SSSR count). The minimum Gasteiger partial charge on any atom is -0.496 e. The van der Waals surface area contributed by atoms with Crippen molar-refractivity contribution in [3.63, 3.8) is 0 Å². The Morgan fingerprint density at radius 1 is 1.44 bits per heavy atom. The first-order chi connectivity index (χ1) is 8.72. The van der Waals surface area contributed by atoms with Crippen molar-refractivity contribution in [3.8, 4) is 5.75 Å². The predicted octanol–water partition coefficient (Wildman–Crippen LogP) is 2.87. The van der Waals surface area contributed by atoms with E-state index in [-0.39, 0.29) is 5.92 Å². The van der Waals surface area contributed by atoms with Gasteiger partial charge in [0.05, 0.1) is 11.6 Å². The number of rotatable bonds is 4. The Balaban J connectivity index is 1.94. The highest BCUT2D eigenvalue weighted by atomic mass is 79.9. The maximum absolute atomic E-state index is 10.7. The summed E-state index contributed by atoms with van der Waals surface area (Å²) in [7, 11) is 1.67. The maximum atomic E-state index is 10.7. The summed E-state index contributed by atoms with van der Waals surface area (Å²) in [4.78, 5) is 13.1. The Labute approximate surface area is 116 Å². The Morgan fingerprint density at radius 2 is 2.17 bits per heavy atom. The van der Waals surface area contributed by atoms with Crippen LogP contribution in [0.4, 0.5) is 0 Å². The van der Waals surface area contributed by atoms with Crippen molar-refractivity contribution in [3.05, 3.63) is 28.2 Å². The van der Waals surface area contributed by atoms with Gasteiger partial charge < -0.3 is 9.53 Å². The number of aldehydes is 1. The van der Waals surface area contributed by atoms with Gasteiger partial charge in [-0.15, -0.1) is 0 Å². The van der Waals surface area contributed by atoms with Gasteiger partial charge in [-0.05, 0) is 59.6 Å². The summed E-state index contributed by atoms with van der Waals surface area (Å²) < 4.78 is 6.21. The van der Waals surface area contributed by atoms with Gasteiger partial charge in [0.15, 0.2) is 0 Å². The van der Waals surface area contributed by atoms with Crippen molar-refractivity contribution in [2.75, 3.05) is 20.2 Å². The van der Waals surface area contributed by atoms with Crippen molar-refractivity contribution in [1.82, 2.24) is 4.90 Å². The molecular weight excluding hydrogens is 294 g/mol. The Kier molecular flexibility index (Phi) is 4.78. The molecule has 0 N–H and O–H groups in total. The summed E-state index contributed by atoms with van der Waals surface area (Å²) in [6, 6.07) is 6.18. The number of likely N-dealkylation sites (tertiary alicyclic amines) is 1. The molecular formula is C14H18BrNO2. The van der Waals surface area contributed by atoms with E-state index in [1.165, 1.54) is 5.56 Å². The van der Waals surface area contributed by atoms with Crippen LogP contribution in [0.2, 0.25) is 0 Å². The molecule has 98 valence electrons. The number of benzene rings is 1. The molecule has 4 heteroatoms. The number of hydrogen-bond donors (Lipinski definition) is 0. The molecule has 0 unspecified atom stereocenters. The predicted molar refractivity (Wildman–Crippen MR) is 74.8 cm³/mol. The second-order valence-electron chi connectivity index (χ2n) is 4.72. The fourth-order valence-electron chi connectivity index (χ4n) is 2.31. The van der Waals surface area contributed by atoms with E-state index in [0.717, 1.165) is 49.0 Å². The second kappa shape index (κ2) is 6.34. The van der Waals surface area contributed by atoms with E-state index in [1.807, 2.05) is 6.07 Å². The lowest BCUT2D eigenvalue weighted by Gasteiger charge is -2.29. The van der Waals surface area contributed by atoms with Crippen LogP contribution in [0.1, 0.15) is 18.4 Å². The molecule has 0 aromatic heterocycles. The summed E-state index contributed by atoms with van der Waals surface area (Å²) in [5, 5.41) is 0. The second-order valence-corrected chi connectivity index (χ2v) is 5.57. The molecule has 1 fully saturated rings. The molecule has 1 aliphatic heterocycles. The van der Waals surface area contributed by atoms with Crippen LogP contribution in [-0.2, 0) is 11.3 Å². The van der Waals surface area contributed by atoms with Crippen molar-refractivity contribution in [2.45, 2.75) is 19.4 Å². The molecule has 3 nitrogen and oxygen atoms in total. The van der Waals surface area contributed by atoms with Gasteiger partial charge >= 0.3 is 0 Å². The standard InChI is InChI=1S/C14H18BrNO2/c1-18-14-3-2-12(8-13(14)15)9-16-6-4-11(10-17)5-7-16/h2-3,8,10-11H,4-7,9H2,1H3. The van der Waals surface area contributed by atoms with Crippen LogP contribution in [0.25, 0.3) is 0 Å². The van der Waals surface area contributed by atoms with Crippen LogP contribution in [0.15, 0.2) is 22.7 Å². The van der Waals surface area contributed by atoms with Gasteiger partial charge in [0, 0.05) is 12.5 Å². The first-order valence-corrected chi connectivity index (χ1v) is 7.02. The van der Waals surface area contributed by atoms with Gasteiger partial charge in [-0.25, -0.2) is 0 Å². The molecule has 1 aliphatic rings. The van der Waals surface area contributed by atoms with Crippen molar-refractivity contribution in [2.24, 2.45) is 5.92 Å². The zero-order valence-corrected chi connectivity index (χ0v) is 12.1. The molecule has 0 saturated carbocycles. The van der Waals surface area contributed by atoms with Gasteiger partial charge in [0.2, 0.25) is 0 Å². The molecule has 1 aromatic rings. The van der Waals surface area contributed by atoms with Crippen molar-refractivity contribution >= 4 is 22.2 Å². The summed E-state index contributed by atoms with van der Waals surface area (Å²) in [5.41, 5.74) is 1.27. The van der Waals surface area contributed by atoms with E-state index < -0.39 is 0 Å². The van der Waals surface area contributed by atoms with Crippen molar-refractivity contribution in [1.29, 1.82) is 0 Å². The summed E-state index contributed by atoms with van der Waals surface area (Å²) in [6.45, 7) is 2.95. The lowest BCUT2D eigenvalue weighted by Crippen LogP contribution is -2.33. The molecule has 0 amide bonds. The normalized spacial score (nSPS) is 17.7. The zero-order chi connectivity index (χ0) is 13.0. The summed E-state index contributed by atoms with van der Waals surface area (Å²) in [5.74, 6) is 1.13. The minimum atomic E-state index is 0.267. The monoisotopic (exact) mass is 311 g/mol. The highest BCUT2D eigenvalue weighted by Crippen LogP contribution is 2.26. The average molecular weight is 312 g/mol. The molecule has 1 heterocycles. The smallest absolute Gasteiger partial charge is 0.133 e. The Bertz CT molecular complexity index is 414. The topological polar surface area (TPSA) is 29.5 Å². The van der Waals surface area contributed by atoms with Crippen LogP contribution < -0.4 is 4.74 Å². The maximum Gasteiger partial charge on any atom is 0.133 e. The SMILES string of the molecule is COc1ccc(CN2CCC(C=O)CC2)cc1Br. The first-order valence-electron chi connectivity index (χ1n) is 6.23. The van der Waals surface area contributed by atoms with E-state index >= 15 is 0 Å². The zero-order valence-electron chi connectivity index (χ0n) is 10.6. The Hall–Kier alpha value is -0.870. The van der Waals surface area contributed by atoms with Gasteiger partial charge in [-0.3, -0.25) is 4.90 Å². The van der Waals surface area contributed by atoms with E-state index in [2.05, 4.69) is 33.0 Å². The number of carbonyl (C=O) groups is 1. The third kappa shape index (κ3) is 3.33. The van der Waals surface area contributed by atoms with Crippen LogP contribution in [0, 0.1) is 5.92 Å². The molecule has 0 radical (unpaired) electrons. The molecule has 0 aliphatic carbocycles. The number of methoxy groups -OCH3 is 1. The van der Waals surface area contributed by atoms with Crippen LogP contribution in [0.3, 0.4) is 0 Å². The van der Waals surface area contributed by atoms with Crippen molar-refractivity contribution < 1.29 is 9.53 Å². The summed E-state index contributed by atoms with van der Waals surface area (Å²) in [6.07, 6.45) is 3.07. The number of nitrogens with zero attached hydrogens (tertiary/aromatic N) is 1. The largest absolute Gasteiger partial charge is 0.496 e. The van der Waals surface area contributed by atoms with Gasteiger partial charge in [-0.1, -0.05) is 6.07 Å². The van der Waals surface area contributed by atoms with E-state index in [1.54, 1.807) is 7.11 Å². The van der Waals surface area contributed by atoms with Gasteiger partial charge in [0.1, 0.15) is 12.0 Å². The highest BCUT2D eigenvalue weighted by molar-refractivity contribution is 9.10. The summed E-state index contributed by atoms with van der Waals surface area (Å²) >= 11 is 3.50. The molecule has 0 atom stereocenters. The number of hydrogen-bond acceptors (Lipinski definition) is 3. The van der Waals surface area contributed by atoms with Gasteiger partial charge in [0.25, 0.3) is 0 Å². The first kappa shape index (κ1) is 13.6. The van der Waals surface area contributed by atoms with Crippen LogP contribution in [-0.4, -0.2) is 31.4 Å². The minimum absolute atomic E-state index is 0.267. The fourth-order valence-corrected chi connectivity index (χ4v) is 2.90. The number of carbonyl (C=O) groups excluding carboxylic acids is 1. The Morgan fingerprint density at radius 3 is 2.72 bits per heavy atom. The lowest BCUT2D eigenvalue weighted by molar-refractivity contribution is -0.112.